The van der Waals surface area contributed by atoms with Crippen molar-refractivity contribution in [2.75, 3.05) is 5.73 Å². The fourth-order valence-electron chi connectivity index (χ4n) is 2.07. The van der Waals surface area contributed by atoms with Gasteiger partial charge in [-0.15, -0.1) is 0 Å². The van der Waals surface area contributed by atoms with Gasteiger partial charge in [0, 0.05) is 18.3 Å². The maximum absolute atomic E-state index is 5.84. The van der Waals surface area contributed by atoms with Gasteiger partial charge in [-0.2, -0.15) is 5.10 Å². The maximum Gasteiger partial charge on any atom is 0.165 e. The standard InChI is InChI=1S/C12H13N7/c1-3-7-5-16-18-8(7)12-17-9-10(13)14-6-15-11(9)19(12)4-2/h3,5-6H,1,4H2,2H3,(H,16,18)(H2,13,14,15). The fourth-order valence-corrected chi connectivity index (χ4v) is 2.07. The van der Waals surface area contributed by atoms with Crippen LogP contribution in [0.2, 0.25) is 0 Å². The molecule has 0 aliphatic heterocycles. The number of nitrogens with two attached hydrogens (primary N) is 1. The largest absolute Gasteiger partial charge is 0.382 e. The van der Waals surface area contributed by atoms with Crippen LogP contribution in [0, 0.1) is 0 Å². The van der Waals surface area contributed by atoms with Crippen LogP contribution in [0.25, 0.3) is 28.8 Å². The zero-order valence-electron chi connectivity index (χ0n) is 10.5. The van der Waals surface area contributed by atoms with Gasteiger partial charge in [0.1, 0.15) is 12.0 Å². The number of hydrogen-bond donors (Lipinski definition) is 2. The molecule has 3 heterocycles. The second-order valence-corrected chi connectivity index (χ2v) is 4.00. The average molecular weight is 255 g/mol. The molecule has 0 unspecified atom stereocenters. The summed E-state index contributed by atoms with van der Waals surface area (Å²) in [5.74, 6) is 1.08. The van der Waals surface area contributed by atoms with Gasteiger partial charge in [0.05, 0.1) is 0 Å². The molecule has 0 aliphatic carbocycles. The summed E-state index contributed by atoms with van der Waals surface area (Å²) in [6.07, 6.45) is 4.94. The second kappa shape index (κ2) is 4.20. The minimum absolute atomic E-state index is 0.370. The lowest BCUT2D eigenvalue weighted by Gasteiger charge is -2.03. The van der Waals surface area contributed by atoms with E-state index in [0.717, 1.165) is 11.3 Å². The van der Waals surface area contributed by atoms with Gasteiger partial charge in [-0.05, 0) is 6.92 Å². The number of rotatable bonds is 3. The molecule has 3 aromatic heterocycles. The number of hydrogen-bond acceptors (Lipinski definition) is 5. The van der Waals surface area contributed by atoms with Crippen molar-refractivity contribution in [3.05, 3.63) is 24.7 Å². The lowest BCUT2D eigenvalue weighted by Crippen LogP contribution is -2.00. The summed E-state index contributed by atoms with van der Waals surface area (Å²) in [4.78, 5) is 12.7. The van der Waals surface area contributed by atoms with Crippen molar-refractivity contribution in [3.63, 3.8) is 0 Å². The summed E-state index contributed by atoms with van der Waals surface area (Å²) in [6, 6.07) is 0. The second-order valence-electron chi connectivity index (χ2n) is 4.00. The van der Waals surface area contributed by atoms with E-state index < -0.39 is 0 Å². The first-order valence-corrected chi connectivity index (χ1v) is 5.89. The molecule has 0 bridgehead atoms. The molecule has 0 aromatic carbocycles. The van der Waals surface area contributed by atoms with Crippen LogP contribution in [0.3, 0.4) is 0 Å². The molecule has 0 radical (unpaired) electrons. The quantitative estimate of drug-likeness (QED) is 0.738. The highest BCUT2D eigenvalue weighted by atomic mass is 15.2. The Morgan fingerprint density at radius 1 is 1.47 bits per heavy atom. The number of nitrogens with zero attached hydrogens (tertiary/aromatic N) is 5. The lowest BCUT2D eigenvalue weighted by atomic mass is 10.2. The normalized spacial score (nSPS) is 11.0. The summed E-state index contributed by atoms with van der Waals surface area (Å²) in [5, 5.41) is 7.04. The van der Waals surface area contributed by atoms with Gasteiger partial charge < -0.3 is 10.3 Å². The lowest BCUT2D eigenvalue weighted by molar-refractivity contribution is 0.782. The van der Waals surface area contributed by atoms with Gasteiger partial charge in [-0.25, -0.2) is 15.0 Å². The SMILES string of the molecule is C=Cc1c[nH]nc1-c1nc2c(N)ncnc2n1CC. The van der Waals surface area contributed by atoms with Crippen LogP contribution in [-0.4, -0.2) is 29.7 Å². The van der Waals surface area contributed by atoms with E-state index in [1.807, 2.05) is 11.5 Å². The number of fused-ring (bicyclic) bond motifs is 1. The molecule has 3 aromatic rings. The van der Waals surface area contributed by atoms with Crippen LogP contribution >= 0.6 is 0 Å². The molecule has 0 aliphatic rings. The number of anilines is 1. The molecule has 0 atom stereocenters. The van der Waals surface area contributed by atoms with Crippen molar-refractivity contribution in [3.8, 4) is 11.5 Å². The van der Waals surface area contributed by atoms with E-state index in [4.69, 9.17) is 5.73 Å². The number of nitrogens with one attached hydrogen (secondary N) is 1. The van der Waals surface area contributed by atoms with Crippen LogP contribution in [0.4, 0.5) is 5.82 Å². The summed E-state index contributed by atoms with van der Waals surface area (Å²) < 4.78 is 1.95. The molecule has 96 valence electrons. The molecule has 7 heteroatoms. The zero-order chi connectivity index (χ0) is 13.4. The first-order chi connectivity index (χ1) is 9.26. The Balaban J connectivity index is 2.35. The molecule has 3 N–H and O–H groups in total. The van der Waals surface area contributed by atoms with Gasteiger partial charge in [0.15, 0.2) is 22.8 Å². The zero-order valence-corrected chi connectivity index (χ0v) is 10.5. The van der Waals surface area contributed by atoms with Gasteiger partial charge in [-0.3, -0.25) is 5.10 Å². The Morgan fingerprint density at radius 2 is 2.32 bits per heavy atom. The predicted molar refractivity (Wildman–Crippen MR) is 73.1 cm³/mol. The fraction of sp³-hybridized carbons (Fsp3) is 0.167. The smallest absolute Gasteiger partial charge is 0.165 e. The molecular weight excluding hydrogens is 242 g/mol. The van der Waals surface area contributed by atoms with Gasteiger partial charge >= 0.3 is 0 Å². The predicted octanol–water partition coefficient (Wildman–Crippen LogP) is 1.46. The minimum Gasteiger partial charge on any atom is -0.382 e. The molecule has 7 nitrogen and oxygen atoms in total. The number of aromatic nitrogens is 6. The van der Waals surface area contributed by atoms with E-state index in [2.05, 4.69) is 31.7 Å². The summed E-state index contributed by atoms with van der Waals surface area (Å²) in [7, 11) is 0. The Labute approximate surface area is 109 Å². The minimum atomic E-state index is 0.370. The third-order valence-electron chi connectivity index (χ3n) is 2.98. The summed E-state index contributed by atoms with van der Waals surface area (Å²) >= 11 is 0. The monoisotopic (exact) mass is 255 g/mol. The molecular formula is C12H13N7. The number of imidazole rings is 1. The molecule has 0 saturated heterocycles. The van der Waals surface area contributed by atoms with Crippen LogP contribution in [0.15, 0.2) is 19.1 Å². The van der Waals surface area contributed by atoms with Crippen molar-refractivity contribution in [2.24, 2.45) is 0 Å². The molecule has 0 fully saturated rings. The highest BCUT2D eigenvalue weighted by Gasteiger charge is 2.18. The molecule has 19 heavy (non-hydrogen) atoms. The molecule has 0 spiro atoms. The van der Waals surface area contributed by atoms with E-state index in [-0.39, 0.29) is 0 Å². The van der Waals surface area contributed by atoms with Crippen molar-refractivity contribution < 1.29 is 0 Å². The van der Waals surface area contributed by atoms with Crippen molar-refractivity contribution in [1.29, 1.82) is 0 Å². The van der Waals surface area contributed by atoms with E-state index in [0.29, 0.717) is 29.4 Å². The van der Waals surface area contributed by atoms with Crippen LogP contribution in [0.5, 0.6) is 0 Å². The van der Waals surface area contributed by atoms with E-state index in [1.165, 1.54) is 6.33 Å². The van der Waals surface area contributed by atoms with Gasteiger partial charge in [0.2, 0.25) is 0 Å². The third-order valence-corrected chi connectivity index (χ3v) is 2.98. The number of aryl methyl sites for hydroxylation is 1. The first-order valence-electron chi connectivity index (χ1n) is 5.89. The van der Waals surface area contributed by atoms with Crippen molar-refractivity contribution in [2.45, 2.75) is 13.5 Å². The van der Waals surface area contributed by atoms with Crippen molar-refractivity contribution >= 4 is 23.1 Å². The number of nitrogen functional groups attached to an aromatic ring is 1. The van der Waals surface area contributed by atoms with Crippen LogP contribution in [-0.2, 0) is 6.54 Å². The Hall–Kier alpha value is -2.70. The number of aromatic amines is 1. The molecule has 0 amide bonds. The Kier molecular flexibility index (Phi) is 2.52. The highest BCUT2D eigenvalue weighted by molar-refractivity contribution is 5.85. The van der Waals surface area contributed by atoms with Crippen LogP contribution in [0.1, 0.15) is 12.5 Å². The first kappa shape index (κ1) is 11.4. The van der Waals surface area contributed by atoms with Gasteiger partial charge in [-0.1, -0.05) is 12.7 Å². The Morgan fingerprint density at radius 3 is 3.05 bits per heavy atom. The maximum atomic E-state index is 5.84. The van der Waals surface area contributed by atoms with E-state index >= 15 is 0 Å². The van der Waals surface area contributed by atoms with Gasteiger partial charge in [0.25, 0.3) is 0 Å². The average Bonchev–Trinajstić information content (AvgIpc) is 3.02. The topological polar surface area (TPSA) is 98.3 Å². The summed E-state index contributed by atoms with van der Waals surface area (Å²) in [5.41, 5.74) is 8.76. The van der Waals surface area contributed by atoms with Crippen LogP contribution < -0.4 is 5.73 Å². The number of H-pyrrole nitrogens is 1. The Bertz CT molecular complexity index is 753. The van der Waals surface area contributed by atoms with E-state index in [1.54, 1.807) is 12.3 Å². The highest BCUT2D eigenvalue weighted by Crippen LogP contribution is 2.26. The molecule has 0 saturated carbocycles. The van der Waals surface area contributed by atoms with E-state index in [9.17, 15) is 0 Å². The summed E-state index contributed by atoms with van der Waals surface area (Å²) in [6.45, 7) is 6.50. The van der Waals surface area contributed by atoms with Crippen molar-refractivity contribution in [1.82, 2.24) is 29.7 Å². The third kappa shape index (κ3) is 1.59. The molecule has 3 rings (SSSR count).